The van der Waals surface area contributed by atoms with E-state index in [4.69, 9.17) is 0 Å². The number of rotatable bonds is 5. The molecule has 0 spiro atoms. The molecule has 1 aromatic rings. The molecule has 152 valence electrons. The average molecular weight is 421 g/mol. The van der Waals surface area contributed by atoms with Crippen LogP contribution in [0.1, 0.15) is 13.3 Å². The Balaban J connectivity index is 0.00000261. The van der Waals surface area contributed by atoms with Crippen LogP contribution in [-0.2, 0) is 14.8 Å². The van der Waals surface area contributed by atoms with Crippen LogP contribution in [0.15, 0.2) is 29.2 Å². The molecule has 2 unspecified atom stereocenters. The molecular weight excluding hydrogens is 395 g/mol. The van der Waals surface area contributed by atoms with Gasteiger partial charge >= 0.3 is 0 Å². The summed E-state index contributed by atoms with van der Waals surface area (Å²) in [5, 5.41) is 3.31. The number of hydrogen-bond donors (Lipinski definition) is 2. The van der Waals surface area contributed by atoms with Gasteiger partial charge in [0.15, 0.2) is 0 Å². The summed E-state index contributed by atoms with van der Waals surface area (Å²) in [6, 6.07) is 4.51. The van der Waals surface area contributed by atoms with Crippen LogP contribution in [0.3, 0.4) is 0 Å². The SMILES string of the molecule is CC(NS(=O)(=O)c1ccccc1F)C(=O)N1CCC(N2CCNCC2)C1.Cl. The monoisotopic (exact) mass is 420 g/mol. The molecule has 0 aromatic heterocycles. The van der Waals surface area contributed by atoms with Gasteiger partial charge in [0.1, 0.15) is 10.7 Å². The normalized spacial score (nSPS) is 22.3. The van der Waals surface area contributed by atoms with Crippen molar-refractivity contribution < 1.29 is 17.6 Å². The Morgan fingerprint density at radius 1 is 1.26 bits per heavy atom. The third-order valence-corrected chi connectivity index (χ3v) is 6.55. The van der Waals surface area contributed by atoms with Crippen LogP contribution < -0.4 is 10.0 Å². The Labute approximate surface area is 165 Å². The summed E-state index contributed by atoms with van der Waals surface area (Å²) in [6.45, 7) is 6.53. The quantitative estimate of drug-likeness (QED) is 0.721. The molecule has 2 aliphatic rings. The lowest BCUT2D eigenvalue weighted by Gasteiger charge is -2.32. The van der Waals surface area contributed by atoms with E-state index < -0.39 is 26.8 Å². The molecule has 0 bridgehead atoms. The maximum absolute atomic E-state index is 13.8. The van der Waals surface area contributed by atoms with Crippen molar-refractivity contribution >= 4 is 28.3 Å². The van der Waals surface area contributed by atoms with Gasteiger partial charge in [-0.25, -0.2) is 12.8 Å². The zero-order chi connectivity index (χ0) is 18.7. The number of amides is 1. The predicted molar refractivity (Wildman–Crippen MR) is 103 cm³/mol. The smallest absolute Gasteiger partial charge is 0.244 e. The third kappa shape index (κ3) is 5.17. The Hall–Kier alpha value is -1.26. The number of carbonyl (C=O) groups excluding carboxylic acids is 1. The van der Waals surface area contributed by atoms with E-state index in [1.54, 1.807) is 4.90 Å². The van der Waals surface area contributed by atoms with Crippen LogP contribution in [0, 0.1) is 5.82 Å². The van der Waals surface area contributed by atoms with Crippen molar-refractivity contribution in [1.82, 2.24) is 19.8 Å². The van der Waals surface area contributed by atoms with Crippen molar-refractivity contribution in [2.45, 2.75) is 30.3 Å². The lowest BCUT2D eigenvalue weighted by Crippen LogP contribution is -2.50. The fraction of sp³-hybridized carbons (Fsp3) is 0.588. The summed E-state index contributed by atoms with van der Waals surface area (Å²) in [7, 11) is -4.09. The summed E-state index contributed by atoms with van der Waals surface area (Å²) in [4.78, 5) is 16.3. The minimum Gasteiger partial charge on any atom is -0.340 e. The van der Waals surface area contributed by atoms with Crippen molar-refractivity contribution in [2.24, 2.45) is 0 Å². The molecule has 2 fully saturated rings. The summed E-state index contributed by atoms with van der Waals surface area (Å²) >= 11 is 0. The third-order valence-electron chi connectivity index (χ3n) is 4.97. The van der Waals surface area contributed by atoms with Gasteiger partial charge in [0.25, 0.3) is 0 Å². The molecule has 10 heteroatoms. The Bertz CT molecular complexity index is 758. The van der Waals surface area contributed by atoms with Gasteiger partial charge in [-0.3, -0.25) is 9.69 Å². The van der Waals surface area contributed by atoms with Gasteiger partial charge in [0, 0.05) is 45.3 Å². The van der Waals surface area contributed by atoms with Crippen molar-refractivity contribution in [1.29, 1.82) is 0 Å². The van der Waals surface area contributed by atoms with Gasteiger partial charge in [-0.1, -0.05) is 12.1 Å². The molecule has 0 saturated carbocycles. The topological polar surface area (TPSA) is 81.8 Å². The van der Waals surface area contributed by atoms with E-state index in [0.717, 1.165) is 38.7 Å². The standard InChI is InChI=1S/C17H25FN4O3S.ClH/c1-13(20-26(24,25)16-5-3-2-4-15(16)18)17(23)22-9-6-14(12-22)21-10-7-19-8-11-21;/h2-5,13-14,19-20H,6-12H2,1H3;1H. The fourth-order valence-electron chi connectivity index (χ4n) is 3.57. The first-order valence-corrected chi connectivity index (χ1v) is 10.4. The molecule has 27 heavy (non-hydrogen) atoms. The molecule has 2 aliphatic heterocycles. The van der Waals surface area contributed by atoms with E-state index in [2.05, 4.69) is 14.9 Å². The molecular formula is C17H26ClFN4O3S. The van der Waals surface area contributed by atoms with Crippen molar-refractivity contribution in [3.63, 3.8) is 0 Å². The van der Waals surface area contributed by atoms with Gasteiger partial charge in [0.2, 0.25) is 15.9 Å². The zero-order valence-corrected chi connectivity index (χ0v) is 16.9. The highest BCUT2D eigenvalue weighted by molar-refractivity contribution is 7.89. The summed E-state index contributed by atoms with van der Waals surface area (Å²) in [5.74, 6) is -1.11. The summed E-state index contributed by atoms with van der Waals surface area (Å²) < 4.78 is 40.8. The first-order chi connectivity index (χ1) is 12.4. The summed E-state index contributed by atoms with van der Waals surface area (Å²) in [6.07, 6.45) is 0.887. The Kier molecular flexibility index (Phi) is 7.58. The van der Waals surface area contributed by atoms with Crippen molar-refractivity contribution in [3.8, 4) is 0 Å². The van der Waals surface area contributed by atoms with Crippen molar-refractivity contribution in [3.05, 3.63) is 30.1 Å². The van der Waals surface area contributed by atoms with Gasteiger partial charge in [-0.15, -0.1) is 12.4 Å². The van der Waals surface area contributed by atoms with E-state index in [1.165, 1.54) is 25.1 Å². The van der Waals surface area contributed by atoms with Crippen LogP contribution >= 0.6 is 12.4 Å². The lowest BCUT2D eigenvalue weighted by atomic mass is 10.2. The summed E-state index contributed by atoms with van der Waals surface area (Å²) in [5.41, 5.74) is 0. The number of benzene rings is 1. The first-order valence-electron chi connectivity index (χ1n) is 8.89. The number of hydrogen-bond acceptors (Lipinski definition) is 5. The molecule has 1 amide bonds. The molecule has 2 N–H and O–H groups in total. The van der Waals surface area contributed by atoms with Gasteiger partial charge in [-0.2, -0.15) is 4.72 Å². The van der Waals surface area contributed by atoms with Crippen LogP contribution in [0.4, 0.5) is 4.39 Å². The maximum atomic E-state index is 13.8. The van der Waals surface area contributed by atoms with E-state index in [0.29, 0.717) is 19.1 Å². The molecule has 7 nitrogen and oxygen atoms in total. The molecule has 0 aliphatic carbocycles. The number of piperazine rings is 1. The van der Waals surface area contributed by atoms with Crippen LogP contribution in [0.2, 0.25) is 0 Å². The van der Waals surface area contributed by atoms with Crippen LogP contribution in [0.5, 0.6) is 0 Å². The maximum Gasteiger partial charge on any atom is 0.244 e. The Morgan fingerprint density at radius 3 is 2.59 bits per heavy atom. The highest BCUT2D eigenvalue weighted by Crippen LogP contribution is 2.18. The van der Waals surface area contributed by atoms with Gasteiger partial charge in [0.05, 0.1) is 6.04 Å². The number of halogens is 2. The largest absolute Gasteiger partial charge is 0.340 e. The molecule has 1 aromatic carbocycles. The fourth-order valence-corrected chi connectivity index (χ4v) is 4.85. The van der Waals surface area contributed by atoms with Gasteiger partial charge < -0.3 is 10.2 Å². The lowest BCUT2D eigenvalue weighted by molar-refractivity contribution is -0.131. The molecule has 2 saturated heterocycles. The highest BCUT2D eigenvalue weighted by Gasteiger charge is 2.34. The number of nitrogens with zero attached hydrogens (tertiary/aromatic N) is 2. The highest BCUT2D eigenvalue weighted by atomic mass is 35.5. The minimum absolute atomic E-state index is 0. The predicted octanol–water partition coefficient (Wildman–Crippen LogP) is 0.420. The zero-order valence-electron chi connectivity index (χ0n) is 15.2. The van der Waals surface area contributed by atoms with Crippen molar-refractivity contribution in [2.75, 3.05) is 39.3 Å². The average Bonchev–Trinajstić information content (AvgIpc) is 3.11. The Morgan fingerprint density at radius 2 is 1.93 bits per heavy atom. The number of likely N-dealkylation sites (tertiary alicyclic amines) is 1. The van der Waals surface area contributed by atoms with E-state index in [9.17, 15) is 17.6 Å². The number of nitrogens with one attached hydrogen (secondary N) is 2. The molecule has 3 rings (SSSR count). The number of sulfonamides is 1. The van der Waals surface area contributed by atoms with E-state index >= 15 is 0 Å². The number of carbonyl (C=O) groups is 1. The second-order valence-electron chi connectivity index (χ2n) is 6.79. The molecule has 2 atom stereocenters. The van der Waals surface area contributed by atoms with E-state index in [1.807, 2.05) is 0 Å². The second kappa shape index (κ2) is 9.29. The van der Waals surface area contributed by atoms with Crippen LogP contribution in [-0.4, -0.2) is 75.5 Å². The minimum atomic E-state index is -4.09. The molecule has 2 heterocycles. The first kappa shape index (κ1) is 22.0. The van der Waals surface area contributed by atoms with Gasteiger partial charge in [-0.05, 0) is 25.5 Å². The van der Waals surface area contributed by atoms with E-state index in [-0.39, 0.29) is 18.3 Å². The molecule has 0 radical (unpaired) electrons. The second-order valence-corrected chi connectivity index (χ2v) is 8.47. The van der Waals surface area contributed by atoms with Crippen LogP contribution in [0.25, 0.3) is 0 Å².